The number of amides is 1. The molecule has 0 saturated carbocycles. The van der Waals surface area contributed by atoms with Gasteiger partial charge in [0.25, 0.3) is 0 Å². The van der Waals surface area contributed by atoms with Crippen LogP contribution in [-0.2, 0) is 14.3 Å². The van der Waals surface area contributed by atoms with E-state index >= 15 is 0 Å². The predicted octanol–water partition coefficient (Wildman–Crippen LogP) is 10.5. The molecule has 1 aliphatic rings. The fourth-order valence-electron chi connectivity index (χ4n) is 7.92. The lowest BCUT2D eigenvalue weighted by atomic mass is 9.99. The Hall–Kier alpha value is -1.07. The number of rotatable bonds is 41. The maximum atomic E-state index is 13.0. The maximum absolute atomic E-state index is 13.0. The summed E-state index contributed by atoms with van der Waals surface area (Å²) in [5, 5.41) is 54.4. The largest absolute Gasteiger partial charge is 0.394 e. The number of unbranched alkanes of at least 4 members (excludes halogenated alkanes) is 29. The van der Waals surface area contributed by atoms with Crippen LogP contribution in [0.5, 0.6) is 0 Å². The zero-order valence-corrected chi connectivity index (χ0v) is 37.1. The van der Waals surface area contributed by atoms with Gasteiger partial charge in [-0.3, -0.25) is 4.79 Å². The van der Waals surface area contributed by atoms with Crippen LogP contribution in [0, 0.1) is 0 Å². The van der Waals surface area contributed by atoms with Gasteiger partial charge in [0.15, 0.2) is 6.29 Å². The van der Waals surface area contributed by atoms with Gasteiger partial charge in [-0.15, -0.1) is 0 Å². The van der Waals surface area contributed by atoms with Crippen molar-refractivity contribution in [3.05, 3.63) is 12.2 Å². The molecule has 0 aliphatic carbocycles. The molecule has 0 spiro atoms. The lowest BCUT2D eigenvalue weighted by Gasteiger charge is -2.40. The molecule has 1 saturated heterocycles. The van der Waals surface area contributed by atoms with Crippen LogP contribution in [0.4, 0.5) is 0 Å². The molecule has 7 atom stereocenters. The van der Waals surface area contributed by atoms with E-state index in [4.69, 9.17) is 9.47 Å². The summed E-state index contributed by atoms with van der Waals surface area (Å²) in [6.45, 7) is 3.84. The van der Waals surface area contributed by atoms with Crippen molar-refractivity contribution in [3.63, 3.8) is 0 Å². The normalized spacial score (nSPS) is 21.0. The predicted molar refractivity (Wildman–Crippen MR) is 235 cm³/mol. The Kier molecular flexibility index (Phi) is 37.0. The molecule has 7 unspecified atom stereocenters. The molecule has 9 heteroatoms. The molecule has 0 radical (unpaired) electrons. The second-order valence-electron chi connectivity index (χ2n) is 17.3. The van der Waals surface area contributed by atoms with E-state index in [9.17, 15) is 30.3 Å². The third-order valence-electron chi connectivity index (χ3n) is 11.9. The minimum absolute atomic E-state index is 0.135. The van der Waals surface area contributed by atoms with E-state index in [0.717, 1.165) is 38.5 Å². The molecular weight excluding hydrogens is 719 g/mol. The number of hydrogen-bond donors (Lipinski definition) is 6. The number of ether oxygens (including phenoxy) is 2. The van der Waals surface area contributed by atoms with Crippen molar-refractivity contribution in [2.24, 2.45) is 0 Å². The van der Waals surface area contributed by atoms with Crippen LogP contribution in [-0.4, -0.2) is 87.5 Å². The monoisotopic (exact) mass is 812 g/mol. The van der Waals surface area contributed by atoms with Gasteiger partial charge in [-0.05, 0) is 38.5 Å². The van der Waals surface area contributed by atoms with Crippen molar-refractivity contribution in [3.8, 4) is 0 Å². The summed E-state index contributed by atoms with van der Waals surface area (Å²) in [7, 11) is 0. The quantitative estimate of drug-likeness (QED) is 0.0264. The van der Waals surface area contributed by atoms with Gasteiger partial charge in [0.1, 0.15) is 24.4 Å². The highest BCUT2D eigenvalue weighted by Crippen LogP contribution is 2.23. The second-order valence-corrected chi connectivity index (χ2v) is 17.3. The van der Waals surface area contributed by atoms with Crippen LogP contribution in [0.3, 0.4) is 0 Å². The van der Waals surface area contributed by atoms with E-state index in [2.05, 4.69) is 31.3 Å². The van der Waals surface area contributed by atoms with Gasteiger partial charge >= 0.3 is 0 Å². The highest BCUT2D eigenvalue weighted by molar-refractivity contribution is 5.76. The van der Waals surface area contributed by atoms with Crippen LogP contribution in [0.25, 0.3) is 0 Å². The lowest BCUT2D eigenvalue weighted by molar-refractivity contribution is -0.302. The smallest absolute Gasteiger partial charge is 0.220 e. The summed E-state index contributed by atoms with van der Waals surface area (Å²) >= 11 is 0. The van der Waals surface area contributed by atoms with Crippen molar-refractivity contribution in [1.82, 2.24) is 5.32 Å². The first-order valence-corrected chi connectivity index (χ1v) is 24.4. The molecule has 1 amide bonds. The lowest BCUT2D eigenvalue weighted by Crippen LogP contribution is -2.60. The maximum Gasteiger partial charge on any atom is 0.220 e. The Bertz CT molecular complexity index is 904. The van der Waals surface area contributed by atoms with Gasteiger partial charge < -0.3 is 40.3 Å². The van der Waals surface area contributed by atoms with Gasteiger partial charge in [0, 0.05) is 6.42 Å². The number of allylic oxidation sites excluding steroid dienone is 2. The van der Waals surface area contributed by atoms with Crippen molar-refractivity contribution < 1.29 is 39.8 Å². The van der Waals surface area contributed by atoms with Gasteiger partial charge in [-0.25, -0.2) is 0 Å². The fraction of sp³-hybridized carbons (Fsp3) is 0.938. The van der Waals surface area contributed by atoms with Crippen LogP contribution in [0.1, 0.15) is 232 Å². The van der Waals surface area contributed by atoms with Crippen molar-refractivity contribution in [2.45, 2.75) is 275 Å². The van der Waals surface area contributed by atoms with E-state index in [0.29, 0.717) is 12.8 Å². The van der Waals surface area contributed by atoms with E-state index in [1.165, 1.54) is 167 Å². The average Bonchev–Trinajstić information content (AvgIpc) is 3.21. The van der Waals surface area contributed by atoms with E-state index in [1.807, 2.05) is 0 Å². The first-order chi connectivity index (χ1) is 27.8. The second kappa shape index (κ2) is 39.1. The first kappa shape index (κ1) is 53.9. The molecule has 1 fully saturated rings. The number of carbonyl (C=O) groups excluding carboxylic acids is 1. The Labute approximate surface area is 350 Å². The number of aliphatic hydroxyl groups is 5. The number of carbonyl (C=O) groups is 1. The summed E-state index contributed by atoms with van der Waals surface area (Å²) in [5.74, 6) is -0.143. The summed E-state index contributed by atoms with van der Waals surface area (Å²) in [5.41, 5.74) is 0. The minimum atomic E-state index is -1.55. The summed E-state index contributed by atoms with van der Waals surface area (Å²) in [6, 6.07) is -0.714. The van der Waals surface area contributed by atoms with Gasteiger partial charge in [0.2, 0.25) is 5.91 Å². The van der Waals surface area contributed by atoms with E-state index in [1.54, 1.807) is 0 Å². The SMILES string of the molecule is CCCCCCCCC=CCCCCCCCCCCCCCC(=O)NC(COC1OC(CO)C(O)C(O)C1O)C(O)CCCCCCCCCCCCCCC. The Morgan fingerprint density at radius 1 is 0.579 bits per heavy atom. The fourth-order valence-corrected chi connectivity index (χ4v) is 7.92. The van der Waals surface area contributed by atoms with Crippen LogP contribution in [0.15, 0.2) is 12.2 Å². The third kappa shape index (κ3) is 29.7. The van der Waals surface area contributed by atoms with E-state index in [-0.39, 0.29) is 12.5 Å². The molecule has 6 N–H and O–H groups in total. The zero-order chi connectivity index (χ0) is 41.6. The van der Waals surface area contributed by atoms with Crippen LogP contribution >= 0.6 is 0 Å². The van der Waals surface area contributed by atoms with E-state index < -0.39 is 49.5 Å². The van der Waals surface area contributed by atoms with Gasteiger partial charge in [-0.2, -0.15) is 0 Å². The molecule has 338 valence electrons. The summed E-state index contributed by atoms with van der Waals surface area (Å²) < 4.78 is 11.3. The van der Waals surface area contributed by atoms with Crippen molar-refractivity contribution in [2.75, 3.05) is 13.2 Å². The van der Waals surface area contributed by atoms with Crippen molar-refractivity contribution >= 4 is 5.91 Å². The molecule has 57 heavy (non-hydrogen) atoms. The van der Waals surface area contributed by atoms with Crippen molar-refractivity contribution in [1.29, 1.82) is 0 Å². The number of nitrogens with one attached hydrogen (secondary N) is 1. The molecule has 9 nitrogen and oxygen atoms in total. The molecule has 1 heterocycles. The zero-order valence-electron chi connectivity index (χ0n) is 37.1. The topological polar surface area (TPSA) is 149 Å². The highest BCUT2D eigenvalue weighted by Gasteiger charge is 2.44. The number of hydrogen-bond acceptors (Lipinski definition) is 8. The Balaban J connectivity index is 2.26. The Morgan fingerprint density at radius 2 is 0.982 bits per heavy atom. The standard InChI is InChI=1S/C48H93NO8/c1-3-5-7-9-11-13-15-17-18-19-20-21-22-23-24-26-28-30-32-34-36-38-44(52)49-41(40-56-48-47(55)46(54)45(53)43(39-50)57-48)42(51)37-35-33-31-29-27-25-16-14-12-10-8-6-4-2/h17-18,41-43,45-48,50-51,53-55H,3-16,19-40H2,1-2H3,(H,49,52). The average molecular weight is 812 g/mol. The van der Waals surface area contributed by atoms with Gasteiger partial charge in [-0.1, -0.05) is 199 Å². The third-order valence-corrected chi connectivity index (χ3v) is 11.9. The molecule has 0 bridgehead atoms. The van der Waals surface area contributed by atoms with Gasteiger partial charge in [0.05, 0.1) is 25.4 Å². The summed E-state index contributed by atoms with van der Waals surface area (Å²) in [6.07, 6.45) is 37.9. The highest BCUT2D eigenvalue weighted by atomic mass is 16.7. The molecule has 0 aromatic rings. The minimum Gasteiger partial charge on any atom is -0.394 e. The molecular formula is C48H93NO8. The molecule has 0 aromatic carbocycles. The van der Waals surface area contributed by atoms with Crippen LogP contribution < -0.4 is 5.32 Å². The molecule has 0 aromatic heterocycles. The molecule has 1 rings (SSSR count). The molecule has 1 aliphatic heterocycles. The summed E-state index contributed by atoms with van der Waals surface area (Å²) in [4.78, 5) is 13.0. The first-order valence-electron chi connectivity index (χ1n) is 24.4. The van der Waals surface area contributed by atoms with Crippen LogP contribution in [0.2, 0.25) is 0 Å². The number of aliphatic hydroxyl groups excluding tert-OH is 5. The Morgan fingerprint density at radius 3 is 1.42 bits per heavy atom.